The minimum atomic E-state index is -0.207. The lowest BCUT2D eigenvalue weighted by Gasteiger charge is -2.19. The summed E-state index contributed by atoms with van der Waals surface area (Å²) in [5, 5.41) is 2.84. The third-order valence-corrected chi connectivity index (χ3v) is 4.12. The SMILES string of the molecule is Cc1nc(C(C)(C)C)ccc1C=CC(=O)Nc1ccc2c(c1)OCCO2. The third-order valence-electron chi connectivity index (χ3n) is 4.12. The molecule has 0 spiro atoms. The number of carbonyl (C=O) groups is 1. The summed E-state index contributed by atoms with van der Waals surface area (Å²) in [6, 6.07) is 9.37. The van der Waals surface area contributed by atoms with Crippen molar-refractivity contribution in [1.29, 1.82) is 0 Å². The monoisotopic (exact) mass is 352 g/mol. The number of benzene rings is 1. The summed E-state index contributed by atoms with van der Waals surface area (Å²) in [4.78, 5) is 16.8. The highest BCUT2D eigenvalue weighted by Crippen LogP contribution is 2.32. The molecule has 2 aromatic rings. The molecule has 0 saturated heterocycles. The van der Waals surface area contributed by atoms with E-state index in [0.29, 0.717) is 30.4 Å². The maximum Gasteiger partial charge on any atom is 0.248 e. The fourth-order valence-electron chi connectivity index (χ4n) is 2.64. The Morgan fingerprint density at radius 1 is 1.12 bits per heavy atom. The van der Waals surface area contributed by atoms with Crippen LogP contribution in [0.15, 0.2) is 36.4 Å². The van der Waals surface area contributed by atoms with E-state index in [-0.39, 0.29) is 11.3 Å². The highest BCUT2D eigenvalue weighted by atomic mass is 16.6. The van der Waals surface area contributed by atoms with E-state index < -0.39 is 0 Å². The van der Waals surface area contributed by atoms with Crippen LogP contribution < -0.4 is 14.8 Å². The normalized spacial score (nSPS) is 13.7. The number of carbonyl (C=O) groups excluding carboxylic acids is 1. The van der Waals surface area contributed by atoms with Gasteiger partial charge in [-0.1, -0.05) is 26.8 Å². The Balaban J connectivity index is 1.68. The van der Waals surface area contributed by atoms with Crippen molar-refractivity contribution in [2.45, 2.75) is 33.1 Å². The molecule has 1 aliphatic heterocycles. The lowest BCUT2D eigenvalue weighted by Crippen LogP contribution is -2.16. The number of anilines is 1. The lowest BCUT2D eigenvalue weighted by molar-refractivity contribution is -0.111. The predicted octanol–water partition coefficient (Wildman–Crippen LogP) is 4.11. The van der Waals surface area contributed by atoms with Crippen molar-refractivity contribution in [2.24, 2.45) is 0 Å². The number of nitrogens with one attached hydrogen (secondary N) is 1. The molecule has 1 amide bonds. The maximum absolute atomic E-state index is 12.2. The highest BCUT2D eigenvalue weighted by molar-refractivity contribution is 6.02. The van der Waals surface area contributed by atoms with Gasteiger partial charge >= 0.3 is 0 Å². The second-order valence-electron chi connectivity index (χ2n) is 7.30. The van der Waals surface area contributed by atoms with Crippen LogP contribution in [-0.2, 0) is 10.2 Å². The van der Waals surface area contributed by atoms with Crippen molar-refractivity contribution in [1.82, 2.24) is 4.98 Å². The van der Waals surface area contributed by atoms with E-state index in [1.165, 1.54) is 6.08 Å². The Labute approximate surface area is 154 Å². The Hall–Kier alpha value is -2.82. The minimum Gasteiger partial charge on any atom is -0.486 e. The number of hydrogen-bond acceptors (Lipinski definition) is 4. The second-order valence-corrected chi connectivity index (χ2v) is 7.30. The summed E-state index contributed by atoms with van der Waals surface area (Å²) < 4.78 is 11.0. The predicted molar refractivity (Wildman–Crippen MR) is 103 cm³/mol. The summed E-state index contributed by atoms with van der Waals surface area (Å²) in [5.41, 5.74) is 3.54. The summed E-state index contributed by atoms with van der Waals surface area (Å²) in [6.07, 6.45) is 3.29. The van der Waals surface area contributed by atoms with Gasteiger partial charge in [0.15, 0.2) is 11.5 Å². The first kappa shape index (κ1) is 18.0. The Kier molecular flexibility index (Phi) is 4.98. The quantitative estimate of drug-likeness (QED) is 0.845. The van der Waals surface area contributed by atoms with E-state index in [1.54, 1.807) is 24.3 Å². The maximum atomic E-state index is 12.2. The van der Waals surface area contributed by atoms with Gasteiger partial charge in [-0.3, -0.25) is 9.78 Å². The van der Waals surface area contributed by atoms with Crippen molar-refractivity contribution in [2.75, 3.05) is 18.5 Å². The van der Waals surface area contributed by atoms with Gasteiger partial charge in [0, 0.05) is 34.6 Å². The molecule has 3 rings (SSSR count). The first-order valence-corrected chi connectivity index (χ1v) is 8.70. The molecule has 0 atom stereocenters. The summed E-state index contributed by atoms with van der Waals surface area (Å²) >= 11 is 0. The molecule has 5 heteroatoms. The van der Waals surface area contributed by atoms with Gasteiger partial charge in [-0.15, -0.1) is 0 Å². The Morgan fingerprint density at radius 3 is 2.54 bits per heavy atom. The van der Waals surface area contributed by atoms with Gasteiger partial charge in [-0.2, -0.15) is 0 Å². The van der Waals surface area contributed by atoms with Crippen molar-refractivity contribution < 1.29 is 14.3 Å². The van der Waals surface area contributed by atoms with Crippen molar-refractivity contribution in [3.8, 4) is 11.5 Å². The number of ether oxygens (including phenoxy) is 2. The van der Waals surface area contributed by atoms with Gasteiger partial charge in [-0.25, -0.2) is 0 Å². The molecule has 136 valence electrons. The molecule has 1 aliphatic rings. The van der Waals surface area contributed by atoms with E-state index in [0.717, 1.165) is 17.0 Å². The van der Waals surface area contributed by atoms with Crippen LogP contribution in [0.2, 0.25) is 0 Å². The van der Waals surface area contributed by atoms with Crippen molar-refractivity contribution >= 4 is 17.7 Å². The first-order valence-electron chi connectivity index (χ1n) is 8.70. The van der Waals surface area contributed by atoms with Gasteiger partial charge < -0.3 is 14.8 Å². The molecular weight excluding hydrogens is 328 g/mol. The molecule has 0 bridgehead atoms. The van der Waals surface area contributed by atoms with Crippen LogP contribution >= 0.6 is 0 Å². The largest absolute Gasteiger partial charge is 0.486 e. The van der Waals surface area contributed by atoms with Gasteiger partial charge in [0.2, 0.25) is 5.91 Å². The number of pyridine rings is 1. The van der Waals surface area contributed by atoms with E-state index in [9.17, 15) is 4.79 Å². The molecular formula is C21H24N2O3. The fraction of sp³-hybridized carbons (Fsp3) is 0.333. The van der Waals surface area contributed by atoms with Crippen LogP contribution in [0.4, 0.5) is 5.69 Å². The van der Waals surface area contributed by atoms with E-state index in [4.69, 9.17) is 9.47 Å². The molecule has 0 radical (unpaired) electrons. The topological polar surface area (TPSA) is 60.5 Å². The molecule has 1 aromatic heterocycles. The van der Waals surface area contributed by atoms with Gasteiger partial charge in [0.05, 0.1) is 0 Å². The number of aromatic nitrogens is 1. The van der Waals surface area contributed by atoms with Crippen molar-refractivity contribution in [3.05, 3.63) is 53.4 Å². The van der Waals surface area contributed by atoms with Crippen LogP contribution in [-0.4, -0.2) is 24.1 Å². The van der Waals surface area contributed by atoms with Crippen molar-refractivity contribution in [3.63, 3.8) is 0 Å². The molecule has 0 saturated carbocycles. The molecule has 0 fully saturated rings. The third kappa shape index (κ3) is 4.23. The molecule has 1 aromatic carbocycles. The van der Waals surface area contributed by atoms with Crippen LogP contribution in [0.1, 0.15) is 37.7 Å². The van der Waals surface area contributed by atoms with Crippen LogP contribution in [0.5, 0.6) is 11.5 Å². The molecule has 5 nitrogen and oxygen atoms in total. The zero-order valence-electron chi connectivity index (χ0n) is 15.6. The zero-order chi connectivity index (χ0) is 18.7. The highest BCUT2D eigenvalue weighted by Gasteiger charge is 2.16. The van der Waals surface area contributed by atoms with E-state index in [2.05, 4.69) is 31.1 Å². The van der Waals surface area contributed by atoms with Crippen LogP contribution in [0.25, 0.3) is 6.08 Å². The van der Waals surface area contributed by atoms with Crippen LogP contribution in [0, 0.1) is 6.92 Å². The molecule has 0 unspecified atom stereocenters. The first-order chi connectivity index (χ1) is 12.3. The fourth-order valence-corrected chi connectivity index (χ4v) is 2.64. The minimum absolute atomic E-state index is 0.00259. The number of fused-ring (bicyclic) bond motifs is 1. The van der Waals surface area contributed by atoms with E-state index in [1.807, 2.05) is 19.1 Å². The number of amides is 1. The zero-order valence-corrected chi connectivity index (χ0v) is 15.6. The second kappa shape index (κ2) is 7.20. The van der Waals surface area contributed by atoms with E-state index >= 15 is 0 Å². The molecule has 26 heavy (non-hydrogen) atoms. The average Bonchev–Trinajstić information content (AvgIpc) is 2.59. The lowest BCUT2D eigenvalue weighted by atomic mass is 9.91. The summed E-state index contributed by atoms with van der Waals surface area (Å²) in [6.45, 7) is 9.40. The Morgan fingerprint density at radius 2 is 1.85 bits per heavy atom. The van der Waals surface area contributed by atoms with Gasteiger partial charge in [-0.05, 0) is 36.8 Å². The smallest absolute Gasteiger partial charge is 0.248 e. The summed E-state index contributed by atoms with van der Waals surface area (Å²) in [5.74, 6) is 1.14. The number of rotatable bonds is 3. The number of nitrogens with zero attached hydrogens (tertiary/aromatic N) is 1. The Bertz CT molecular complexity index is 851. The van der Waals surface area contributed by atoms with Gasteiger partial charge in [0.25, 0.3) is 0 Å². The number of aryl methyl sites for hydroxylation is 1. The van der Waals surface area contributed by atoms with Gasteiger partial charge in [0.1, 0.15) is 13.2 Å². The number of hydrogen-bond donors (Lipinski definition) is 1. The standard InChI is InChI=1S/C21H24N2O3/c1-14-15(5-9-19(22-14)21(2,3)4)6-10-20(24)23-16-7-8-17-18(13-16)26-12-11-25-17/h5-10,13H,11-12H2,1-4H3,(H,23,24). The average molecular weight is 352 g/mol. The molecule has 1 N–H and O–H groups in total. The molecule has 2 heterocycles. The van der Waals surface area contributed by atoms with Crippen LogP contribution in [0.3, 0.4) is 0 Å². The molecule has 0 aliphatic carbocycles. The summed E-state index contributed by atoms with van der Waals surface area (Å²) in [7, 11) is 0.